The minimum atomic E-state index is -0.422. The van der Waals surface area contributed by atoms with E-state index in [1.54, 1.807) is 6.20 Å². The summed E-state index contributed by atoms with van der Waals surface area (Å²) in [5.41, 5.74) is 12.5. The molecule has 0 amide bonds. The molecule has 1 aliphatic rings. The van der Waals surface area contributed by atoms with E-state index in [0.29, 0.717) is 29.5 Å². The number of para-hydroxylation sites is 1. The van der Waals surface area contributed by atoms with E-state index in [0.717, 1.165) is 55.7 Å². The average Bonchev–Trinajstić information content (AvgIpc) is 3.86. The quantitative estimate of drug-likeness (QED) is 0.160. The van der Waals surface area contributed by atoms with E-state index >= 15 is 0 Å². The Hall–Kier alpha value is -7.11. The molecule has 1 aliphatic heterocycles. The third-order valence-electron chi connectivity index (χ3n) is 12.0. The highest BCUT2D eigenvalue weighted by Crippen LogP contribution is 2.48. The molecule has 0 saturated heterocycles. The van der Waals surface area contributed by atoms with E-state index < -0.39 is 6.04 Å². The lowest BCUT2D eigenvalue weighted by molar-refractivity contribution is 0.483. The Balaban J connectivity index is 1.03. The Kier molecular flexibility index (Phi) is 8.18. The highest BCUT2D eigenvalue weighted by Gasteiger charge is 2.31. The first-order valence-corrected chi connectivity index (χ1v) is 21.2. The fraction of sp³-hybridized carbons (Fsp3) is 0.175. The number of benzene rings is 7. The number of hydrogen-bond acceptors (Lipinski definition) is 4. The Bertz CT molecular complexity index is 3360. The lowest BCUT2D eigenvalue weighted by Crippen LogP contribution is -2.25. The molecular formula is C57H52N4O. The summed E-state index contributed by atoms with van der Waals surface area (Å²) in [5, 5.41) is 2.08. The van der Waals surface area contributed by atoms with Gasteiger partial charge in [0.25, 0.3) is 0 Å². The van der Waals surface area contributed by atoms with Crippen LogP contribution >= 0.6 is 0 Å². The van der Waals surface area contributed by atoms with Crippen LogP contribution in [-0.4, -0.2) is 16.2 Å². The second kappa shape index (κ2) is 15.1. The van der Waals surface area contributed by atoms with Crippen LogP contribution in [0.5, 0.6) is 11.5 Å². The molecule has 7 aromatic carbocycles. The first-order valence-electron chi connectivity index (χ1n) is 23.7. The normalized spacial score (nSPS) is 14.1. The summed E-state index contributed by atoms with van der Waals surface area (Å²) < 4.78 is 50.6. The van der Waals surface area contributed by atoms with Crippen LogP contribution in [0.15, 0.2) is 176 Å². The second-order valence-corrected chi connectivity index (χ2v) is 18.3. The number of fused-ring (bicyclic) bond motifs is 4. The molecule has 0 bridgehead atoms. The number of hydrogen-bond donors (Lipinski definition) is 0. The smallest absolute Gasteiger partial charge is 0.137 e. The van der Waals surface area contributed by atoms with Crippen LogP contribution in [0.1, 0.15) is 65.1 Å². The van der Waals surface area contributed by atoms with E-state index in [2.05, 4.69) is 153 Å². The number of aryl methyl sites for hydroxylation is 1. The standard InChI is InChI=1S/C57H52N4O/c1-38-29-55(58-36-50(38)40-19-12-9-13-20-40)61-51-24-15-14-23-48(51)49-27-26-47(35-53(49)61)62-46-22-16-21-44(34-46)59-37-60(45-32-42(56(2,3)4)31-43(33-45)57(5,6)7)54-30-41(25-28-52(54)59)39-17-10-8-11-18-39/h8-36H,37H2,1-7H3/i9D,12D,13D,19D,20D. The number of nitrogens with zero attached hydrogens (tertiary/aromatic N) is 4. The van der Waals surface area contributed by atoms with Gasteiger partial charge in [0.05, 0.1) is 29.3 Å². The summed E-state index contributed by atoms with van der Waals surface area (Å²) in [6.07, 6.45) is 1.61. The Morgan fingerprint density at radius 2 is 1.24 bits per heavy atom. The lowest BCUT2D eigenvalue weighted by Gasteiger charge is -2.29. The van der Waals surface area contributed by atoms with Crippen molar-refractivity contribution in [3.8, 4) is 39.6 Å². The average molecular weight is 814 g/mol. The molecule has 3 heterocycles. The molecule has 0 atom stereocenters. The predicted octanol–water partition coefficient (Wildman–Crippen LogP) is 15.5. The summed E-state index contributed by atoms with van der Waals surface area (Å²) in [6.45, 7) is 16.2. The Labute approximate surface area is 372 Å². The lowest BCUT2D eigenvalue weighted by atomic mass is 9.80. The van der Waals surface area contributed by atoms with Crippen molar-refractivity contribution < 1.29 is 11.6 Å². The summed E-state index contributed by atoms with van der Waals surface area (Å²) in [6, 6.07) is 47.2. The monoisotopic (exact) mass is 813 g/mol. The van der Waals surface area contributed by atoms with Gasteiger partial charge < -0.3 is 14.5 Å². The van der Waals surface area contributed by atoms with Crippen LogP contribution in [0.3, 0.4) is 0 Å². The molecule has 5 heteroatoms. The first-order chi connectivity index (χ1) is 32.0. The van der Waals surface area contributed by atoms with Crippen molar-refractivity contribution in [3.63, 3.8) is 0 Å². The van der Waals surface area contributed by atoms with Crippen LogP contribution in [0.4, 0.5) is 22.7 Å². The maximum atomic E-state index is 8.60. The van der Waals surface area contributed by atoms with E-state index in [-0.39, 0.29) is 40.6 Å². The molecule has 9 aromatic rings. The highest BCUT2D eigenvalue weighted by molar-refractivity contribution is 6.09. The summed E-state index contributed by atoms with van der Waals surface area (Å²) >= 11 is 0. The predicted molar refractivity (Wildman–Crippen MR) is 260 cm³/mol. The summed E-state index contributed by atoms with van der Waals surface area (Å²) in [5.74, 6) is 1.99. The molecule has 0 spiro atoms. The number of rotatable bonds is 7. The molecule has 0 saturated carbocycles. The van der Waals surface area contributed by atoms with Crippen molar-refractivity contribution in [1.29, 1.82) is 0 Å². The van der Waals surface area contributed by atoms with E-state index in [1.165, 1.54) is 16.7 Å². The number of aromatic nitrogens is 2. The zero-order chi connectivity index (χ0) is 47.1. The van der Waals surface area contributed by atoms with Gasteiger partial charge >= 0.3 is 0 Å². The Morgan fingerprint density at radius 3 is 1.98 bits per heavy atom. The molecule has 2 aromatic heterocycles. The van der Waals surface area contributed by atoms with Crippen molar-refractivity contribution in [2.24, 2.45) is 0 Å². The third-order valence-corrected chi connectivity index (χ3v) is 12.0. The number of anilines is 4. The SMILES string of the molecule is [2H]c1c([2H])c([2H])c(-c2cnc(-n3c4ccccc4c4ccc(Oc5cccc(N6CN(c7cc(C(C)(C)C)cc(C(C)(C)C)c7)c7cc(-c8ccccc8)ccc76)c5)cc43)cc2C)c([2H])c1[2H]. The molecule has 5 nitrogen and oxygen atoms in total. The van der Waals surface area contributed by atoms with Crippen molar-refractivity contribution in [2.45, 2.75) is 59.3 Å². The van der Waals surface area contributed by atoms with Crippen LogP contribution in [0.2, 0.25) is 0 Å². The Morgan fingerprint density at radius 1 is 0.548 bits per heavy atom. The largest absolute Gasteiger partial charge is 0.457 e. The van der Waals surface area contributed by atoms with E-state index in [1.807, 2.05) is 49.4 Å². The summed E-state index contributed by atoms with van der Waals surface area (Å²) in [7, 11) is 0. The summed E-state index contributed by atoms with van der Waals surface area (Å²) in [4.78, 5) is 9.68. The molecule has 0 N–H and O–H groups in total. The fourth-order valence-electron chi connectivity index (χ4n) is 8.57. The number of ether oxygens (including phenoxy) is 1. The highest BCUT2D eigenvalue weighted by atomic mass is 16.5. The fourth-order valence-corrected chi connectivity index (χ4v) is 8.57. The molecule has 0 radical (unpaired) electrons. The molecule has 306 valence electrons. The van der Waals surface area contributed by atoms with Gasteiger partial charge in [0, 0.05) is 46.0 Å². The van der Waals surface area contributed by atoms with Crippen molar-refractivity contribution in [3.05, 3.63) is 193 Å². The van der Waals surface area contributed by atoms with Gasteiger partial charge in [0.1, 0.15) is 24.0 Å². The van der Waals surface area contributed by atoms with Gasteiger partial charge in [0.15, 0.2) is 0 Å². The van der Waals surface area contributed by atoms with Crippen LogP contribution < -0.4 is 14.5 Å². The molecule has 10 rings (SSSR count). The minimum absolute atomic E-state index is 0.0370. The van der Waals surface area contributed by atoms with Gasteiger partial charge in [-0.2, -0.15) is 0 Å². The van der Waals surface area contributed by atoms with Gasteiger partial charge in [-0.05, 0) is 112 Å². The minimum Gasteiger partial charge on any atom is -0.457 e. The van der Waals surface area contributed by atoms with Gasteiger partial charge in [-0.25, -0.2) is 4.98 Å². The topological polar surface area (TPSA) is 33.5 Å². The van der Waals surface area contributed by atoms with Crippen molar-refractivity contribution in [1.82, 2.24) is 9.55 Å². The van der Waals surface area contributed by atoms with Gasteiger partial charge in [0.2, 0.25) is 0 Å². The van der Waals surface area contributed by atoms with Crippen LogP contribution in [0, 0.1) is 6.92 Å². The van der Waals surface area contributed by atoms with E-state index in [9.17, 15) is 0 Å². The zero-order valence-corrected chi connectivity index (χ0v) is 36.3. The molecule has 0 unspecified atom stereocenters. The maximum absolute atomic E-state index is 8.60. The second-order valence-electron chi connectivity index (χ2n) is 18.3. The van der Waals surface area contributed by atoms with Crippen LogP contribution in [0.25, 0.3) is 49.9 Å². The first kappa shape index (κ1) is 33.6. The number of pyridine rings is 1. The van der Waals surface area contributed by atoms with Gasteiger partial charge in [-0.15, -0.1) is 0 Å². The maximum Gasteiger partial charge on any atom is 0.137 e. The molecule has 62 heavy (non-hydrogen) atoms. The van der Waals surface area contributed by atoms with Crippen molar-refractivity contribution >= 4 is 44.6 Å². The van der Waals surface area contributed by atoms with E-state index in [4.69, 9.17) is 16.6 Å². The van der Waals surface area contributed by atoms with Crippen LogP contribution in [-0.2, 0) is 10.8 Å². The van der Waals surface area contributed by atoms with Gasteiger partial charge in [-0.1, -0.05) is 138 Å². The van der Waals surface area contributed by atoms with Crippen molar-refractivity contribution in [2.75, 3.05) is 16.5 Å². The zero-order valence-electron chi connectivity index (χ0n) is 41.3. The third kappa shape index (κ3) is 7.17. The molecule has 0 fully saturated rings. The molecule has 0 aliphatic carbocycles. The van der Waals surface area contributed by atoms with Gasteiger partial charge in [-0.3, -0.25) is 4.57 Å². The molecular weight excluding hydrogens is 757 g/mol.